The fraction of sp³-hybridized carbons (Fsp3) is 0.273. The van der Waals surface area contributed by atoms with Crippen LogP contribution in [-0.4, -0.2) is 32.1 Å². The molecule has 1 aliphatic carbocycles. The van der Waals surface area contributed by atoms with Gasteiger partial charge >= 0.3 is 0 Å². The summed E-state index contributed by atoms with van der Waals surface area (Å²) in [5.74, 6) is 0.724. The number of nitrogens with one attached hydrogen (secondary N) is 2. The van der Waals surface area contributed by atoms with Crippen LogP contribution >= 0.6 is 0 Å². The topological polar surface area (TPSA) is 76.7 Å². The Kier molecular flexibility index (Phi) is 6.32. The number of methoxy groups -OCH3 is 2. The third kappa shape index (κ3) is 4.71. The lowest BCUT2D eigenvalue weighted by Crippen LogP contribution is -2.39. The van der Waals surface area contributed by atoms with Gasteiger partial charge in [-0.25, -0.2) is 0 Å². The van der Waals surface area contributed by atoms with E-state index in [1.54, 1.807) is 56.7 Å². The molecule has 1 fully saturated rings. The second-order valence-corrected chi connectivity index (χ2v) is 6.58. The number of hydrogen-bond acceptors (Lipinski definition) is 4. The number of benzene rings is 2. The highest BCUT2D eigenvalue weighted by atomic mass is 16.5. The fourth-order valence-electron chi connectivity index (χ4n) is 2.91. The number of amides is 2. The average Bonchev–Trinajstić information content (AvgIpc) is 2.69. The van der Waals surface area contributed by atoms with E-state index in [1.165, 1.54) is 6.08 Å². The Morgan fingerprint density at radius 1 is 1.04 bits per heavy atom. The van der Waals surface area contributed by atoms with Gasteiger partial charge in [-0.2, -0.15) is 0 Å². The van der Waals surface area contributed by atoms with Crippen molar-refractivity contribution in [3.05, 3.63) is 59.7 Å². The normalized spacial score (nSPS) is 13.6. The lowest BCUT2D eigenvalue weighted by atomic mass is 9.93. The zero-order valence-electron chi connectivity index (χ0n) is 16.0. The first kappa shape index (κ1) is 19.5. The van der Waals surface area contributed by atoms with Gasteiger partial charge in [-0.15, -0.1) is 0 Å². The predicted molar refractivity (Wildman–Crippen MR) is 109 cm³/mol. The van der Waals surface area contributed by atoms with Crippen LogP contribution in [0.25, 0.3) is 6.08 Å². The highest BCUT2D eigenvalue weighted by Crippen LogP contribution is 2.28. The summed E-state index contributed by atoms with van der Waals surface area (Å²) < 4.78 is 10.5. The molecule has 0 radical (unpaired) electrons. The molecule has 0 spiro atoms. The van der Waals surface area contributed by atoms with Crippen LogP contribution in [0.5, 0.6) is 11.5 Å². The Bertz CT molecular complexity index is 888. The fourth-order valence-corrected chi connectivity index (χ4v) is 2.91. The Morgan fingerprint density at radius 3 is 2.46 bits per heavy atom. The summed E-state index contributed by atoms with van der Waals surface area (Å²) in [6, 6.07) is 12.6. The number of carbonyl (C=O) groups is 2. The molecule has 6 nitrogen and oxygen atoms in total. The molecule has 1 saturated carbocycles. The number of rotatable bonds is 7. The van der Waals surface area contributed by atoms with Crippen molar-refractivity contribution < 1.29 is 19.1 Å². The van der Waals surface area contributed by atoms with E-state index in [4.69, 9.17) is 9.47 Å². The first-order valence-corrected chi connectivity index (χ1v) is 9.21. The van der Waals surface area contributed by atoms with Crippen LogP contribution in [0, 0.1) is 0 Å². The van der Waals surface area contributed by atoms with Crippen LogP contribution in [0.15, 0.2) is 48.5 Å². The minimum Gasteiger partial charge on any atom is -0.493 e. The highest BCUT2D eigenvalue weighted by molar-refractivity contribution is 6.07. The molecule has 146 valence electrons. The summed E-state index contributed by atoms with van der Waals surface area (Å²) in [5, 5.41) is 5.77. The van der Waals surface area contributed by atoms with E-state index in [9.17, 15) is 9.59 Å². The Hall–Kier alpha value is -3.28. The molecular weight excluding hydrogens is 356 g/mol. The maximum atomic E-state index is 12.5. The lowest BCUT2D eigenvalue weighted by Gasteiger charge is -2.26. The zero-order valence-corrected chi connectivity index (χ0v) is 16.0. The molecule has 2 amide bonds. The van der Waals surface area contributed by atoms with Gasteiger partial charge in [0.25, 0.3) is 5.91 Å². The summed E-state index contributed by atoms with van der Waals surface area (Å²) in [7, 11) is 3.13. The van der Waals surface area contributed by atoms with E-state index in [-0.39, 0.29) is 17.9 Å². The maximum Gasteiger partial charge on any atom is 0.253 e. The van der Waals surface area contributed by atoms with Crippen molar-refractivity contribution >= 4 is 23.6 Å². The van der Waals surface area contributed by atoms with Crippen molar-refractivity contribution in [3.63, 3.8) is 0 Å². The van der Waals surface area contributed by atoms with Crippen molar-refractivity contribution in [2.45, 2.75) is 25.3 Å². The lowest BCUT2D eigenvalue weighted by molar-refractivity contribution is -0.111. The largest absolute Gasteiger partial charge is 0.493 e. The molecule has 1 aliphatic rings. The number of para-hydroxylation sites is 1. The van der Waals surface area contributed by atoms with Crippen LogP contribution in [0.2, 0.25) is 0 Å². The van der Waals surface area contributed by atoms with Crippen molar-refractivity contribution in [2.24, 2.45) is 0 Å². The molecule has 0 atom stereocenters. The van der Waals surface area contributed by atoms with Gasteiger partial charge < -0.3 is 20.1 Å². The van der Waals surface area contributed by atoms with Gasteiger partial charge in [0.05, 0.1) is 25.5 Å². The number of anilines is 1. The molecule has 2 aromatic carbocycles. The zero-order chi connectivity index (χ0) is 19.9. The van der Waals surface area contributed by atoms with Gasteiger partial charge in [-0.3, -0.25) is 9.59 Å². The first-order chi connectivity index (χ1) is 13.6. The summed E-state index contributed by atoms with van der Waals surface area (Å²) in [4.78, 5) is 24.8. The molecule has 2 N–H and O–H groups in total. The summed E-state index contributed by atoms with van der Waals surface area (Å²) in [5.41, 5.74) is 1.74. The van der Waals surface area contributed by atoms with E-state index in [0.717, 1.165) is 24.8 Å². The van der Waals surface area contributed by atoms with Crippen molar-refractivity contribution in [1.82, 2.24) is 5.32 Å². The number of hydrogen-bond donors (Lipinski definition) is 2. The molecule has 0 bridgehead atoms. The van der Waals surface area contributed by atoms with E-state index >= 15 is 0 Å². The van der Waals surface area contributed by atoms with Gasteiger partial charge in [0.1, 0.15) is 0 Å². The molecule has 0 unspecified atom stereocenters. The van der Waals surface area contributed by atoms with Gasteiger partial charge in [-0.1, -0.05) is 18.2 Å². The highest BCUT2D eigenvalue weighted by Gasteiger charge is 2.21. The van der Waals surface area contributed by atoms with Crippen molar-refractivity contribution in [2.75, 3.05) is 19.5 Å². The third-order valence-electron chi connectivity index (χ3n) is 4.70. The second-order valence-electron chi connectivity index (χ2n) is 6.58. The van der Waals surface area contributed by atoms with E-state index in [2.05, 4.69) is 10.6 Å². The van der Waals surface area contributed by atoms with Crippen LogP contribution in [0.3, 0.4) is 0 Å². The molecule has 0 heterocycles. The van der Waals surface area contributed by atoms with Gasteiger partial charge in [0.2, 0.25) is 5.91 Å². The Balaban J connectivity index is 1.68. The quantitative estimate of drug-likeness (QED) is 0.719. The van der Waals surface area contributed by atoms with E-state index < -0.39 is 0 Å². The molecular formula is C22H24N2O4. The van der Waals surface area contributed by atoms with Crippen molar-refractivity contribution in [3.8, 4) is 11.5 Å². The first-order valence-electron chi connectivity index (χ1n) is 9.21. The monoisotopic (exact) mass is 380 g/mol. The van der Waals surface area contributed by atoms with Crippen LogP contribution in [0.4, 0.5) is 5.69 Å². The van der Waals surface area contributed by atoms with Crippen molar-refractivity contribution in [1.29, 1.82) is 0 Å². The SMILES string of the molecule is COc1ccc(/C=C/C(=O)Nc2ccccc2C(=O)NC2CCC2)cc1OC. The van der Waals surface area contributed by atoms with E-state index in [1.807, 2.05) is 6.07 Å². The predicted octanol–water partition coefficient (Wildman–Crippen LogP) is 3.64. The maximum absolute atomic E-state index is 12.5. The van der Waals surface area contributed by atoms with Gasteiger partial charge in [-0.05, 0) is 55.2 Å². The molecule has 3 rings (SSSR count). The Morgan fingerprint density at radius 2 is 1.79 bits per heavy atom. The van der Waals surface area contributed by atoms with Gasteiger partial charge in [0, 0.05) is 12.1 Å². The van der Waals surface area contributed by atoms with E-state index in [0.29, 0.717) is 22.7 Å². The Labute approximate surface area is 164 Å². The average molecular weight is 380 g/mol. The summed E-state index contributed by atoms with van der Waals surface area (Å²) in [6.45, 7) is 0. The molecule has 6 heteroatoms. The standard InChI is InChI=1S/C22H24N2O4/c1-27-19-12-10-15(14-20(19)28-2)11-13-21(25)24-18-9-4-3-8-17(18)22(26)23-16-6-5-7-16/h3-4,8-14,16H,5-7H2,1-2H3,(H,23,26)(H,24,25)/b13-11+. The number of ether oxygens (including phenoxy) is 2. The molecule has 0 aromatic heterocycles. The molecule has 2 aromatic rings. The molecule has 0 aliphatic heterocycles. The van der Waals surface area contributed by atoms with Gasteiger partial charge in [0.15, 0.2) is 11.5 Å². The van der Waals surface area contributed by atoms with Crippen LogP contribution in [0.1, 0.15) is 35.2 Å². The third-order valence-corrected chi connectivity index (χ3v) is 4.70. The number of carbonyl (C=O) groups excluding carboxylic acids is 2. The van der Waals surface area contributed by atoms with Crippen LogP contribution < -0.4 is 20.1 Å². The summed E-state index contributed by atoms with van der Waals surface area (Å²) >= 11 is 0. The van der Waals surface area contributed by atoms with Crippen LogP contribution in [-0.2, 0) is 4.79 Å². The summed E-state index contributed by atoms with van der Waals surface area (Å²) in [6.07, 6.45) is 6.25. The molecule has 28 heavy (non-hydrogen) atoms. The second kappa shape index (κ2) is 9.08. The smallest absolute Gasteiger partial charge is 0.253 e. The minimum absolute atomic E-state index is 0.163. The minimum atomic E-state index is -0.321. The molecule has 0 saturated heterocycles.